The van der Waals surface area contributed by atoms with E-state index in [2.05, 4.69) is 40.3 Å². The first-order chi connectivity index (χ1) is 16.0. The summed E-state index contributed by atoms with van der Waals surface area (Å²) in [4.78, 5) is 31.1. The van der Waals surface area contributed by atoms with Crippen molar-refractivity contribution >= 4 is 11.6 Å². The number of nitrogens with one attached hydrogen (secondary N) is 2. The summed E-state index contributed by atoms with van der Waals surface area (Å²) >= 11 is 0. The lowest BCUT2D eigenvalue weighted by Crippen LogP contribution is -2.40. The summed E-state index contributed by atoms with van der Waals surface area (Å²) in [5.74, 6) is -0.151. The van der Waals surface area contributed by atoms with Gasteiger partial charge in [-0.05, 0) is 88.1 Å². The Morgan fingerprint density at radius 1 is 1.09 bits per heavy atom. The molecule has 1 amide bonds. The molecule has 1 aromatic heterocycles. The van der Waals surface area contributed by atoms with Crippen LogP contribution in [0.5, 0.6) is 0 Å². The van der Waals surface area contributed by atoms with E-state index in [0.717, 1.165) is 67.6 Å². The molecule has 1 aliphatic heterocycles. The van der Waals surface area contributed by atoms with E-state index in [4.69, 9.17) is 0 Å². The van der Waals surface area contributed by atoms with E-state index in [1.165, 1.54) is 0 Å². The first kappa shape index (κ1) is 23.3. The van der Waals surface area contributed by atoms with E-state index in [0.29, 0.717) is 23.6 Å². The van der Waals surface area contributed by atoms with Gasteiger partial charge in [-0.3, -0.25) is 9.59 Å². The van der Waals surface area contributed by atoms with Crippen LogP contribution in [0.1, 0.15) is 71.8 Å². The molecule has 0 unspecified atom stereocenters. The zero-order valence-electron chi connectivity index (χ0n) is 19.7. The van der Waals surface area contributed by atoms with Gasteiger partial charge in [0.05, 0.1) is 6.10 Å². The number of H-pyrrole nitrogens is 1. The van der Waals surface area contributed by atoms with Crippen molar-refractivity contribution < 1.29 is 9.90 Å². The van der Waals surface area contributed by atoms with Gasteiger partial charge in [0.1, 0.15) is 0 Å². The van der Waals surface area contributed by atoms with Crippen LogP contribution in [0.2, 0.25) is 0 Å². The molecule has 33 heavy (non-hydrogen) atoms. The van der Waals surface area contributed by atoms with Gasteiger partial charge in [-0.1, -0.05) is 18.2 Å². The maximum Gasteiger partial charge on any atom is 0.253 e. The summed E-state index contributed by atoms with van der Waals surface area (Å²) in [6.45, 7) is 5.11. The number of aliphatic hydroxyl groups is 1. The van der Waals surface area contributed by atoms with Gasteiger partial charge in [0.15, 0.2) is 0 Å². The van der Waals surface area contributed by atoms with Gasteiger partial charge in [0.25, 0.3) is 11.5 Å². The van der Waals surface area contributed by atoms with Crippen molar-refractivity contribution in [3.05, 3.63) is 74.7 Å². The number of anilines is 1. The number of hydrogen-bond donors (Lipinski definition) is 3. The molecular weight excluding hydrogens is 414 g/mol. The molecule has 2 aromatic rings. The lowest BCUT2D eigenvalue weighted by atomic mass is 9.90. The summed E-state index contributed by atoms with van der Waals surface area (Å²) in [5, 5.41) is 13.0. The highest BCUT2D eigenvalue weighted by Gasteiger charge is 2.27. The molecule has 0 radical (unpaired) electrons. The van der Waals surface area contributed by atoms with Crippen molar-refractivity contribution in [3.63, 3.8) is 0 Å². The molecule has 1 aliphatic carbocycles. The third kappa shape index (κ3) is 5.22. The fourth-order valence-electron chi connectivity index (χ4n) is 5.29. The Labute approximate surface area is 195 Å². The zero-order valence-corrected chi connectivity index (χ0v) is 19.7. The van der Waals surface area contributed by atoms with Crippen molar-refractivity contribution in [3.8, 4) is 0 Å². The number of amides is 1. The molecule has 2 aliphatic rings. The van der Waals surface area contributed by atoms with Crippen LogP contribution in [-0.2, 0) is 19.4 Å². The highest BCUT2D eigenvalue weighted by molar-refractivity contribution is 5.97. The molecule has 0 atom stereocenters. The second kappa shape index (κ2) is 10.4. The average Bonchev–Trinajstić information content (AvgIpc) is 2.79. The van der Waals surface area contributed by atoms with Gasteiger partial charge < -0.3 is 20.3 Å². The summed E-state index contributed by atoms with van der Waals surface area (Å²) < 4.78 is 0. The molecule has 0 spiro atoms. The number of aromatic amines is 1. The smallest absolute Gasteiger partial charge is 0.253 e. The Hall–Kier alpha value is -2.86. The summed E-state index contributed by atoms with van der Waals surface area (Å²) in [6.07, 6.45) is 9.98. The van der Waals surface area contributed by atoms with Crippen LogP contribution in [0, 0.1) is 6.92 Å². The Kier molecular flexibility index (Phi) is 7.33. The van der Waals surface area contributed by atoms with Crippen LogP contribution in [0.15, 0.2) is 41.2 Å². The molecule has 2 heterocycles. The minimum Gasteiger partial charge on any atom is -0.393 e. The Morgan fingerprint density at radius 3 is 2.64 bits per heavy atom. The zero-order chi connectivity index (χ0) is 23.4. The van der Waals surface area contributed by atoms with E-state index in [1.54, 1.807) is 0 Å². The maximum atomic E-state index is 13.3. The molecule has 0 bridgehead atoms. The highest BCUT2D eigenvalue weighted by atomic mass is 16.3. The molecule has 176 valence electrons. The third-order valence-electron chi connectivity index (χ3n) is 7.01. The first-order valence-corrected chi connectivity index (χ1v) is 12.2. The topological polar surface area (TPSA) is 85.4 Å². The summed E-state index contributed by atoms with van der Waals surface area (Å²) in [5.41, 5.74) is 5.13. The summed E-state index contributed by atoms with van der Waals surface area (Å²) in [6, 6.07) is 8.32. The fraction of sp³-hybridized carbons (Fsp3) is 0.481. The van der Waals surface area contributed by atoms with Gasteiger partial charge in [-0.2, -0.15) is 0 Å². The van der Waals surface area contributed by atoms with Crippen molar-refractivity contribution in [1.82, 2.24) is 10.3 Å². The molecule has 1 saturated carbocycles. The standard InChI is InChI=1S/C27H35N3O3/c1-3-30(20-12-14-21(31)15-13-20)25-11-7-10-23-22(25)9-6-4-5-8-19-16-18(2)29-27(33)24(19)17-28-26(23)32/h4,6-7,10-11,16,20-21,31H,3,5,8-9,12-15,17H2,1-2H3,(H,28,32)(H,29,33). The lowest BCUT2D eigenvalue weighted by molar-refractivity contribution is 0.0950. The number of rotatable bonds is 3. The number of aliphatic hydroxyl groups excluding tert-OH is 1. The van der Waals surface area contributed by atoms with Crippen LogP contribution >= 0.6 is 0 Å². The molecule has 6 heteroatoms. The number of aromatic nitrogens is 1. The Balaban J connectivity index is 1.68. The molecule has 3 N–H and O–H groups in total. The molecule has 1 aromatic carbocycles. The number of carbonyl (C=O) groups excluding carboxylic acids is 1. The number of pyridine rings is 1. The van der Waals surface area contributed by atoms with Crippen LogP contribution in [0.4, 0.5) is 5.69 Å². The van der Waals surface area contributed by atoms with Gasteiger partial charge in [0.2, 0.25) is 0 Å². The Bertz CT molecular complexity index is 1080. The quantitative estimate of drug-likeness (QED) is 0.623. The van der Waals surface area contributed by atoms with Gasteiger partial charge >= 0.3 is 0 Å². The second-order valence-electron chi connectivity index (χ2n) is 9.23. The molecule has 4 rings (SSSR count). The van der Waals surface area contributed by atoms with E-state index < -0.39 is 0 Å². The van der Waals surface area contributed by atoms with Crippen molar-refractivity contribution in [2.45, 2.75) is 77.5 Å². The highest BCUT2D eigenvalue weighted by Crippen LogP contribution is 2.32. The SMILES string of the molecule is CCN(c1cccc2c1CC=CCCc1cc(C)[nH]c(=O)c1CNC2=O)C1CCC(O)CC1. The van der Waals surface area contributed by atoms with Gasteiger partial charge in [-0.15, -0.1) is 0 Å². The number of aryl methyl sites for hydroxylation is 2. The van der Waals surface area contributed by atoms with Gasteiger partial charge in [-0.25, -0.2) is 0 Å². The number of fused-ring (bicyclic) bond motifs is 2. The van der Waals surface area contributed by atoms with Crippen LogP contribution in [-0.4, -0.2) is 34.7 Å². The van der Waals surface area contributed by atoms with E-state index in [1.807, 2.05) is 25.1 Å². The lowest BCUT2D eigenvalue weighted by Gasteiger charge is -2.38. The van der Waals surface area contributed by atoms with Crippen LogP contribution < -0.4 is 15.8 Å². The minimum atomic E-state index is -0.195. The number of hydrogen-bond acceptors (Lipinski definition) is 4. The predicted molar refractivity (Wildman–Crippen MR) is 132 cm³/mol. The number of benzene rings is 1. The predicted octanol–water partition coefficient (Wildman–Crippen LogP) is 3.79. The van der Waals surface area contributed by atoms with E-state index in [-0.39, 0.29) is 24.1 Å². The second-order valence-corrected chi connectivity index (χ2v) is 9.23. The molecule has 0 saturated heterocycles. The summed E-state index contributed by atoms with van der Waals surface area (Å²) in [7, 11) is 0. The van der Waals surface area contributed by atoms with Gasteiger partial charge in [0, 0.05) is 41.6 Å². The monoisotopic (exact) mass is 449 g/mol. The van der Waals surface area contributed by atoms with E-state index >= 15 is 0 Å². The number of nitrogens with zero attached hydrogens (tertiary/aromatic N) is 1. The third-order valence-corrected chi connectivity index (χ3v) is 7.01. The van der Waals surface area contributed by atoms with Crippen LogP contribution in [0.3, 0.4) is 0 Å². The maximum absolute atomic E-state index is 13.3. The number of allylic oxidation sites excluding steroid dienone is 2. The molecule has 6 nitrogen and oxygen atoms in total. The average molecular weight is 450 g/mol. The van der Waals surface area contributed by atoms with Crippen molar-refractivity contribution in [1.29, 1.82) is 0 Å². The largest absolute Gasteiger partial charge is 0.393 e. The minimum absolute atomic E-state index is 0.128. The van der Waals surface area contributed by atoms with Crippen molar-refractivity contribution in [2.75, 3.05) is 11.4 Å². The first-order valence-electron chi connectivity index (χ1n) is 12.2. The fourth-order valence-corrected chi connectivity index (χ4v) is 5.29. The molecule has 1 fully saturated rings. The Morgan fingerprint density at radius 2 is 1.88 bits per heavy atom. The van der Waals surface area contributed by atoms with Crippen molar-refractivity contribution in [2.24, 2.45) is 0 Å². The number of carbonyl (C=O) groups is 1. The van der Waals surface area contributed by atoms with E-state index in [9.17, 15) is 14.7 Å². The van der Waals surface area contributed by atoms with Crippen LogP contribution in [0.25, 0.3) is 0 Å². The normalized spacial score (nSPS) is 21.2. The molecular formula is C27H35N3O3.